The molecule has 11 heteroatoms. The molecule has 1 aromatic heterocycles. The summed E-state index contributed by atoms with van der Waals surface area (Å²) in [5.41, 5.74) is -1.02. The van der Waals surface area contributed by atoms with E-state index in [-0.39, 0.29) is 42.9 Å². The predicted molar refractivity (Wildman–Crippen MR) is 129 cm³/mol. The van der Waals surface area contributed by atoms with E-state index in [2.05, 4.69) is 10.00 Å². The Hall–Kier alpha value is -2.79. The van der Waals surface area contributed by atoms with Crippen molar-refractivity contribution in [2.24, 2.45) is 5.92 Å². The van der Waals surface area contributed by atoms with Gasteiger partial charge < -0.3 is 19.8 Å². The summed E-state index contributed by atoms with van der Waals surface area (Å²) in [5.74, 6) is 0.695. The van der Waals surface area contributed by atoms with Crippen molar-refractivity contribution in [3.63, 3.8) is 0 Å². The molecule has 2 N–H and O–H groups in total. The third-order valence-electron chi connectivity index (χ3n) is 9.65. The molecule has 1 aromatic carbocycles. The first-order chi connectivity index (χ1) is 18.0. The molecule has 204 valence electrons. The smallest absolute Gasteiger partial charge is 0.435 e. The maximum absolute atomic E-state index is 13.4. The number of ether oxygens (including phenoxy) is 1. The fraction of sp³-hybridized carbons (Fsp3) is 0.630. The standard InChI is InChI=1S/C27H31F3N4O4/c1-15-11-34(31-24(15)27(28,29)30)14-21(36)33-9-7-26(37)19-10-17-4-5-18(35)23-22(17)25(26,20(13-33)38-23)6-8-32(19)12-16-2-3-16/h4-5,11,16,19-20,35,37H,2-3,6-10,12-14H2,1H3/t19-,20+,25-,26-/m1/s1. The molecule has 4 heterocycles. The highest BCUT2D eigenvalue weighted by Gasteiger charge is 2.71. The molecule has 0 radical (unpaired) electrons. The van der Waals surface area contributed by atoms with E-state index < -0.39 is 29.0 Å². The van der Waals surface area contributed by atoms with Gasteiger partial charge in [0.1, 0.15) is 12.6 Å². The first kappa shape index (κ1) is 24.3. The highest BCUT2D eigenvalue weighted by Crippen LogP contribution is 2.63. The minimum atomic E-state index is -4.59. The van der Waals surface area contributed by atoms with E-state index in [4.69, 9.17) is 4.74 Å². The van der Waals surface area contributed by atoms with E-state index in [0.717, 1.165) is 28.9 Å². The van der Waals surface area contributed by atoms with Gasteiger partial charge in [-0.2, -0.15) is 18.3 Å². The minimum absolute atomic E-state index is 0.0250. The first-order valence-corrected chi connectivity index (χ1v) is 13.4. The number of aromatic hydroxyl groups is 1. The van der Waals surface area contributed by atoms with Crippen LogP contribution in [0.2, 0.25) is 0 Å². The van der Waals surface area contributed by atoms with Crippen molar-refractivity contribution < 1.29 is 32.9 Å². The second-order valence-electron chi connectivity index (χ2n) is 11.8. The second kappa shape index (κ2) is 7.88. The Balaban J connectivity index is 1.23. The SMILES string of the molecule is Cc1cn(CC(=O)N2CC[C@@]3(O)[C@H]4Cc5ccc(O)c6c5[C@@]3(CCN4CC3CC3)[C@H](C2)O6)nc1C(F)(F)F. The number of aliphatic hydroxyl groups is 1. The molecule has 0 unspecified atom stereocenters. The van der Waals surface area contributed by atoms with Gasteiger partial charge in [0.2, 0.25) is 5.91 Å². The topological polar surface area (TPSA) is 91.1 Å². The number of piperidine rings is 1. The van der Waals surface area contributed by atoms with Crippen LogP contribution in [-0.2, 0) is 29.4 Å². The third-order valence-corrected chi connectivity index (χ3v) is 9.65. The molecule has 5 aliphatic rings. The number of likely N-dealkylation sites (tertiary alicyclic amines) is 2. The van der Waals surface area contributed by atoms with Crippen LogP contribution in [0.1, 0.15) is 48.1 Å². The van der Waals surface area contributed by atoms with Gasteiger partial charge in [0, 0.05) is 30.9 Å². The van der Waals surface area contributed by atoms with Crippen molar-refractivity contribution in [1.82, 2.24) is 19.6 Å². The number of aromatic nitrogens is 2. The molecule has 1 amide bonds. The number of rotatable bonds is 4. The molecule has 2 aromatic rings. The molecule has 4 atom stereocenters. The zero-order valence-electron chi connectivity index (χ0n) is 21.2. The van der Waals surface area contributed by atoms with Crippen molar-refractivity contribution in [2.45, 2.75) is 74.9 Å². The van der Waals surface area contributed by atoms with Gasteiger partial charge in [-0.25, -0.2) is 0 Å². The highest BCUT2D eigenvalue weighted by atomic mass is 19.4. The minimum Gasteiger partial charge on any atom is -0.504 e. The second-order valence-corrected chi connectivity index (χ2v) is 11.8. The summed E-state index contributed by atoms with van der Waals surface area (Å²) in [7, 11) is 0. The Morgan fingerprint density at radius 3 is 2.74 bits per heavy atom. The van der Waals surface area contributed by atoms with Crippen molar-refractivity contribution in [2.75, 3.05) is 26.2 Å². The van der Waals surface area contributed by atoms with Crippen LogP contribution in [0.3, 0.4) is 0 Å². The molecule has 1 spiro atoms. The van der Waals surface area contributed by atoms with Gasteiger partial charge in [0.25, 0.3) is 0 Å². The Morgan fingerprint density at radius 1 is 1.24 bits per heavy atom. The molecule has 3 fully saturated rings. The summed E-state index contributed by atoms with van der Waals surface area (Å²) in [6.45, 7) is 3.17. The average molecular weight is 533 g/mol. The number of alkyl halides is 3. The molecular formula is C27H31F3N4O4. The number of carbonyl (C=O) groups is 1. The van der Waals surface area contributed by atoms with Crippen LogP contribution < -0.4 is 4.74 Å². The molecule has 2 aliphatic carbocycles. The zero-order chi connectivity index (χ0) is 26.6. The van der Waals surface area contributed by atoms with Gasteiger partial charge in [-0.3, -0.25) is 14.4 Å². The zero-order valence-corrected chi connectivity index (χ0v) is 21.2. The molecule has 1 saturated carbocycles. The Bertz CT molecular complexity index is 1320. The number of amides is 1. The predicted octanol–water partition coefficient (Wildman–Crippen LogP) is 2.62. The maximum Gasteiger partial charge on any atom is 0.435 e. The molecule has 8 nitrogen and oxygen atoms in total. The lowest BCUT2D eigenvalue weighted by molar-refractivity contribution is -0.162. The lowest BCUT2D eigenvalue weighted by Crippen LogP contribution is -2.74. The van der Waals surface area contributed by atoms with Gasteiger partial charge >= 0.3 is 6.18 Å². The number of nitrogens with zero attached hydrogens (tertiary/aromatic N) is 4. The summed E-state index contributed by atoms with van der Waals surface area (Å²) in [6, 6.07) is 3.44. The van der Waals surface area contributed by atoms with Crippen molar-refractivity contribution >= 4 is 5.91 Å². The Labute approximate surface area is 218 Å². The third kappa shape index (κ3) is 3.30. The Kier molecular flexibility index (Phi) is 5.03. The number of phenols is 1. The van der Waals surface area contributed by atoms with E-state index >= 15 is 0 Å². The van der Waals surface area contributed by atoms with Gasteiger partial charge in [-0.1, -0.05) is 6.07 Å². The van der Waals surface area contributed by atoms with E-state index in [1.54, 1.807) is 11.0 Å². The molecular weight excluding hydrogens is 501 g/mol. The van der Waals surface area contributed by atoms with Gasteiger partial charge in [-0.15, -0.1) is 0 Å². The van der Waals surface area contributed by atoms with Crippen molar-refractivity contribution in [1.29, 1.82) is 0 Å². The van der Waals surface area contributed by atoms with Crippen molar-refractivity contribution in [3.8, 4) is 11.5 Å². The highest BCUT2D eigenvalue weighted by molar-refractivity contribution is 5.76. The fourth-order valence-corrected chi connectivity index (χ4v) is 7.75. The quantitative estimate of drug-likeness (QED) is 0.630. The number of halogens is 3. The Morgan fingerprint density at radius 2 is 2.03 bits per heavy atom. The molecule has 7 rings (SSSR count). The summed E-state index contributed by atoms with van der Waals surface area (Å²) in [5, 5.41) is 26.9. The number of aryl methyl sites for hydroxylation is 1. The van der Waals surface area contributed by atoms with Crippen LogP contribution in [0.4, 0.5) is 13.2 Å². The number of carbonyl (C=O) groups excluding carboxylic acids is 1. The summed E-state index contributed by atoms with van der Waals surface area (Å²) < 4.78 is 47.2. The van der Waals surface area contributed by atoms with E-state index in [1.165, 1.54) is 26.0 Å². The van der Waals surface area contributed by atoms with E-state index in [1.807, 2.05) is 6.07 Å². The summed E-state index contributed by atoms with van der Waals surface area (Å²) in [6.07, 6.45) is 0.102. The van der Waals surface area contributed by atoms with Crippen LogP contribution in [0.5, 0.6) is 11.5 Å². The number of hydrogen-bond donors (Lipinski definition) is 2. The van der Waals surface area contributed by atoms with E-state index in [9.17, 15) is 28.2 Å². The van der Waals surface area contributed by atoms with Crippen LogP contribution in [0.15, 0.2) is 18.3 Å². The number of phenolic OH excluding ortho intramolecular Hbond substituents is 1. The molecule has 2 saturated heterocycles. The molecule has 2 bridgehead atoms. The lowest BCUT2D eigenvalue weighted by atomic mass is 9.52. The van der Waals surface area contributed by atoms with Gasteiger partial charge in [-0.05, 0) is 68.7 Å². The van der Waals surface area contributed by atoms with Gasteiger partial charge in [0.15, 0.2) is 17.2 Å². The molecule has 3 aliphatic heterocycles. The average Bonchev–Trinajstić information content (AvgIpc) is 3.51. The monoisotopic (exact) mass is 532 g/mol. The number of hydrogen-bond acceptors (Lipinski definition) is 6. The van der Waals surface area contributed by atoms with Crippen LogP contribution >= 0.6 is 0 Å². The fourth-order valence-electron chi connectivity index (χ4n) is 7.75. The van der Waals surface area contributed by atoms with Gasteiger partial charge in [0.05, 0.1) is 17.6 Å². The van der Waals surface area contributed by atoms with Crippen molar-refractivity contribution in [3.05, 3.63) is 40.7 Å². The largest absolute Gasteiger partial charge is 0.504 e. The number of benzene rings is 1. The van der Waals surface area contributed by atoms with Crippen LogP contribution in [0, 0.1) is 12.8 Å². The summed E-state index contributed by atoms with van der Waals surface area (Å²) in [4.78, 5) is 17.4. The first-order valence-electron chi connectivity index (χ1n) is 13.4. The van der Waals surface area contributed by atoms with Crippen LogP contribution in [0.25, 0.3) is 0 Å². The summed E-state index contributed by atoms with van der Waals surface area (Å²) >= 11 is 0. The van der Waals surface area contributed by atoms with E-state index in [0.29, 0.717) is 30.9 Å². The van der Waals surface area contributed by atoms with Crippen LogP contribution in [-0.4, -0.2) is 79.6 Å². The normalized spacial score (nSPS) is 32.1. The molecule has 38 heavy (non-hydrogen) atoms. The maximum atomic E-state index is 13.4. The lowest BCUT2D eigenvalue weighted by Gasteiger charge is -2.60.